The van der Waals surface area contributed by atoms with E-state index >= 15 is 0 Å². The molecule has 0 amide bonds. The predicted molar refractivity (Wildman–Crippen MR) is 101 cm³/mol. The van der Waals surface area contributed by atoms with Crippen LogP contribution in [0.15, 0.2) is 57.9 Å². The van der Waals surface area contributed by atoms with Crippen LogP contribution in [0.25, 0.3) is 33.3 Å². The minimum Gasteiger partial charge on any atom is -0.497 e. The second kappa shape index (κ2) is 6.65. The molecule has 0 aliphatic heterocycles. The van der Waals surface area contributed by atoms with Gasteiger partial charge in [0, 0.05) is 17.5 Å². The topological polar surface area (TPSA) is 83.3 Å². The van der Waals surface area contributed by atoms with Crippen LogP contribution in [0.5, 0.6) is 5.75 Å². The van der Waals surface area contributed by atoms with Crippen molar-refractivity contribution in [3.8, 4) is 17.1 Å². The molecule has 6 nitrogen and oxygen atoms in total. The highest BCUT2D eigenvalue weighted by Gasteiger charge is 2.14. The molecule has 26 heavy (non-hydrogen) atoms. The van der Waals surface area contributed by atoms with Crippen molar-refractivity contribution >= 4 is 21.9 Å². The molecule has 0 bridgehead atoms. The third-order valence-electron chi connectivity index (χ3n) is 4.46. The number of fused-ring (bicyclic) bond motifs is 2. The Morgan fingerprint density at radius 1 is 1.19 bits per heavy atom. The average Bonchev–Trinajstić information content (AvgIpc) is 3.14. The number of furan rings is 1. The number of ether oxygens (including phenoxy) is 1. The summed E-state index contributed by atoms with van der Waals surface area (Å²) in [7, 11) is 1.58. The summed E-state index contributed by atoms with van der Waals surface area (Å²) < 4.78 is 12.3. The summed E-state index contributed by atoms with van der Waals surface area (Å²) >= 11 is 0. The standard InChI is InChI=1S/C20H19N3O3/c1-25-15-4-5-17-16(12-15)20(24)23(9-2-8-21)19(22-17)14-3-6-18-13(11-14)7-10-26-18/h3-7,10-12H,2,8-9,21H2,1H3. The second-order valence-corrected chi connectivity index (χ2v) is 6.09. The molecule has 0 saturated carbocycles. The molecule has 0 spiro atoms. The molecule has 0 aliphatic carbocycles. The smallest absolute Gasteiger partial charge is 0.261 e. The molecule has 6 heteroatoms. The van der Waals surface area contributed by atoms with E-state index in [0.717, 1.165) is 16.5 Å². The number of hydrogen-bond donors (Lipinski definition) is 1. The van der Waals surface area contributed by atoms with E-state index in [1.165, 1.54) is 0 Å². The van der Waals surface area contributed by atoms with E-state index in [0.29, 0.717) is 42.0 Å². The van der Waals surface area contributed by atoms with Gasteiger partial charge in [-0.2, -0.15) is 0 Å². The quantitative estimate of drug-likeness (QED) is 0.598. The fourth-order valence-electron chi connectivity index (χ4n) is 3.11. The molecular formula is C20H19N3O3. The van der Waals surface area contributed by atoms with Gasteiger partial charge in [0.05, 0.1) is 24.3 Å². The predicted octanol–water partition coefficient (Wildman–Crippen LogP) is 3.17. The summed E-state index contributed by atoms with van der Waals surface area (Å²) in [5, 5.41) is 1.51. The first-order chi connectivity index (χ1) is 12.7. The lowest BCUT2D eigenvalue weighted by Crippen LogP contribution is -2.24. The van der Waals surface area contributed by atoms with Gasteiger partial charge in [0.1, 0.15) is 17.2 Å². The molecule has 0 radical (unpaired) electrons. The van der Waals surface area contributed by atoms with Crippen molar-refractivity contribution in [1.29, 1.82) is 0 Å². The molecule has 4 rings (SSSR count). The van der Waals surface area contributed by atoms with Crippen LogP contribution >= 0.6 is 0 Å². The highest BCUT2D eigenvalue weighted by atomic mass is 16.5. The summed E-state index contributed by atoms with van der Waals surface area (Å²) in [6.45, 7) is 1.01. The first kappa shape index (κ1) is 16.4. The number of benzene rings is 2. The Morgan fingerprint density at radius 2 is 2.08 bits per heavy atom. The van der Waals surface area contributed by atoms with Crippen molar-refractivity contribution in [2.45, 2.75) is 13.0 Å². The van der Waals surface area contributed by atoms with Crippen LogP contribution in [-0.2, 0) is 6.54 Å². The van der Waals surface area contributed by atoms with Gasteiger partial charge in [-0.1, -0.05) is 0 Å². The molecule has 2 aromatic heterocycles. The molecule has 0 unspecified atom stereocenters. The van der Waals surface area contributed by atoms with Gasteiger partial charge in [-0.05, 0) is 55.4 Å². The Bertz CT molecular complexity index is 1140. The number of aromatic nitrogens is 2. The van der Waals surface area contributed by atoms with Gasteiger partial charge in [-0.25, -0.2) is 4.98 Å². The molecule has 0 fully saturated rings. The maximum atomic E-state index is 13.1. The monoisotopic (exact) mass is 349 g/mol. The fraction of sp³-hybridized carbons (Fsp3) is 0.200. The minimum atomic E-state index is -0.0929. The summed E-state index contributed by atoms with van der Waals surface area (Å²) in [4.78, 5) is 17.9. The Balaban J connectivity index is 1.98. The Hall–Kier alpha value is -3.12. The van der Waals surface area contributed by atoms with Crippen molar-refractivity contribution in [1.82, 2.24) is 9.55 Å². The van der Waals surface area contributed by atoms with E-state index in [2.05, 4.69) is 0 Å². The van der Waals surface area contributed by atoms with Crippen LogP contribution in [0.4, 0.5) is 0 Å². The van der Waals surface area contributed by atoms with Crippen molar-refractivity contribution in [3.63, 3.8) is 0 Å². The van der Waals surface area contributed by atoms with Crippen LogP contribution in [-0.4, -0.2) is 23.2 Å². The van der Waals surface area contributed by atoms with E-state index in [1.54, 1.807) is 24.0 Å². The largest absolute Gasteiger partial charge is 0.497 e. The molecule has 132 valence electrons. The first-order valence-corrected chi connectivity index (χ1v) is 8.47. The zero-order valence-electron chi connectivity index (χ0n) is 14.4. The highest BCUT2D eigenvalue weighted by molar-refractivity contribution is 5.85. The lowest BCUT2D eigenvalue weighted by molar-refractivity contribution is 0.415. The zero-order valence-corrected chi connectivity index (χ0v) is 14.4. The van der Waals surface area contributed by atoms with Gasteiger partial charge >= 0.3 is 0 Å². The molecule has 2 aromatic carbocycles. The van der Waals surface area contributed by atoms with E-state index in [4.69, 9.17) is 19.9 Å². The van der Waals surface area contributed by atoms with Gasteiger partial charge < -0.3 is 14.9 Å². The van der Waals surface area contributed by atoms with Crippen LogP contribution in [0.3, 0.4) is 0 Å². The average molecular weight is 349 g/mol. The van der Waals surface area contributed by atoms with Crippen LogP contribution in [0.2, 0.25) is 0 Å². The fourth-order valence-corrected chi connectivity index (χ4v) is 3.11. The van der Waals surface area contributed by atoms with Gasteiger partial charge in [0.25, 0.3) is 5.56 Å². The van der Waals surface area contributed by atoms with Crippen LogP contribution in [0, 0.1) is 0 Å². The number of nitrogens with two attached hydrogens (primary N) is 1. The van der Waals surface area contributed by atoms with Crippen LogP contribution < -0.4 is 16.0 Å². The normalized spacial score (nSPS) is 11.3. The Morgan fingerprint density at radius 3 is 2.88 bits per heavy atom. The second-order valence-electron chi connectivity index (χ2n) is 6.09. The third kappa shape index (κ3) is 2.74. The van der Waals surface area contributed by atoms with E-state index in [-0.39, 0.29) is 5.56 Å². The van der Waals surface area contributed by atoms with Gasteiger partial charge in [-0.3, -0.25) is 9.36 Å². The van der Waals surface area contributed by atoms with Crippen LogP contribution in [0.1, 0.15) is 6.42 Å². The molecule has 0 atom stereocenters. The molecule has 0 saturated heterocycles. The number of hydrogen-bond acceptors (Lipinski definition) is 5. The van der Waals surface area contributed by atoms with Crippen molar-refractivity contribution in [2.75, 3.05) is 13.7 Å². The maximum Gasteiger partial charge on any atom is 0.261 e. The van der Waals surface area contributed by atoms with Crippen molar-refractivity contribution in [2.24, 2.45) is 5.73 Å². The molecule has 2 N–H and O–H groups in total. The lowest BCUT2D eigenvalue weighted by Gasteiger charge is -2.14. The third-order valence-corrected chi connectivity index (χ3v) is 4.46. The van der Waals surface area contributed by atoms with Gasteiger partial charge in [0.15, 0.2) is 0 Å². The molecular weight excluding hydrogens is 330 g/mol. The van der Waals surface area contributed by atoms with Crippen molar-refractivity contribution < 1.29 is 9.15 Å². The molecule has 2 heterocycles. The SMILES string of the molecule is COc1ccc2nc(-c3ccc4occc4c3)n(CCCN)c(=O)c2c1. The van der Waals surface area contributed by atoms with E-state index < -0.39 is 0 Å². The minimum absolute atomic E-state index is 0.0929. The highest BCUT2D eigenvalue weighted by Crippen LogP contribution is 2.25. The summed E-state index contributed by atoms with van der Waals surface area (Å²) in [6.07, 6.45) is 2.34. The van der Waals surface area contributed by atoms with Crippen molar-refractivity contribution in [3.05, 3.63) is 59.1 Å². The lowest BCUT2D eigenvalue weighted by atomic mass is 10.1. The molecule has 0 aliphatic rings. The number of nitrogens with zero attached hydrogens (tertiary/aromatic N) is 2. The zero-order chi connectivity index (χ0) is 18.1. The van der Waals surface area contributed by atoms with Gasteiger partial charge in [0.2, 0.25) is 0 Å². The van der Waals surface area contributed by atoms with E-state index in [1.807, 2.05) is 36.4 Å². The summed E-state index contributed by atoms with van der Waals surface area (Å²) in [5.41, 5.74) is 7.88. The molecule has 4 aromatic rings. The van der Waals surface area contributed by atoms with E-state index in [9.17, 15) is 4.79 Å². The summed E-state index contributed by atoms with van der Waals surface area (Å²) in [5.74, 6) is 1.26. The maximum absolute atomic E-state index is 13.1. The Labute approximate surface area is 149 Å². The first-order valence-electron chi connectivity index (χ1n) is 8.47. The number of methoxy groups -OCH3 is 1. The Kier molecular flexibility index (Phi) is 4.18. The summed E-state index contributed by atoms with van der Waals surface area (Å²) in [6, 6.07) is 13.0. The number of rotatable bonds is 5. The van der Waals surface area contributed by atoms with Gasteiger partial charge in [-0.15, -0.1) is 0 Å².